The Morgan fingerprint density at radius 2 is 2.25 bits per heavy atom. The van der Waals surface area contributed by atoms with Gasteiger partial charge in [-0.3, -0.25) is 4.99 Å². The largest absolute Gasteiger partial charge is 0.264 e. The summed E-state index contributed by atoms with van der Waals surface area (Å²) in [4.78, 5) is 3.94. The summed E-state index contributed by atoms with van der Waals surface area (Å²) in [5.41, 5.74) is 2.09. The third-order valence-corrected chi connectivity index (χ3v) is 2.47. The lowest BCUT2D eigenvalue weighted by molar-refractivity contribution is 1.49. The molecular formula is C10H10IN. The van der Waals surface area contributed by atoms with Crippen molar-refractivity contribution in [2.24, 2.45) is 4.99 Å². The molecule has 0 aliphatic rings. The minimum Gasteiger partial charge on any atom is -0.264 e. The monoisotopic (exact) mass is 271 g/mol. The van der Waals surface area contributed by atoms with Crippen molar-refractivity contribution >= 4 is 41.1 Å². The molecule has 0 aliphatic carbocycles. The van der Waals surface area contributed by atoms with Crippen LogP contribution in [0.15, 0.2) is 29.3 Å². The van der Waals surface area contributed by atoms with E-state index in [2.05, 4.69) is 40.4 Å². The number of nitrogens with zero attached hydrogens (tertiary/aromatic N) is 1. The van der Waals surface area contributed by atoms with Crippen LogP contribution in [0.5, 0.6) is 0 Å². The Bertz CT molecular complexity index is 316. The molecule has 1 aromatic rings. The van der Waals surface area contributed by atoms with E-state index < -0.39 is 0 Å². The van der Waals surface area contributed by atoms with Crippen molar-refractivity contribution in [1.29, 1.82) is 0 Å². The smallest absolute Gasteiger partial charge is 0.0705 e. The van der Waals surface area contributed by atoms with Gasteiger partial charge >= 0.3 is 0 Å². The zero-order valence-electron chi connectivity index (χ0n) is 6.92. The van der Waals surface area contributed by atoms with E-state index in [9.17, 15) is 0 Å². The number of aliphatic imine (C=N–C) groups is 1. The molecule has 1 rings (SSSR count). The van der Waals surface area contributed by atoms with Crippen LogP contribution in [0.1, 0.15) is 12.5 Å². The van der Waals surface area contributed by atoms with E-state index in [4.69, 9.17) is 0 Å². The fourth-order valence-corrected chi connectivity index (χ4v) is 1.66. The van der Waals surface area contributed by atoms with E-state index in [0.717, 1.165) is 11.3 Å². The first kappa shape index (κ1) is 9.45. The molecule has 0 amide bonds. The van der Waals surface area contributed by atoms with Gasteiger partial charge in [0.25, 0.3) is 0 Å². The van der Waals surface area contributed by atoms with Gasteiger partial charge in [-0.15, -0.1) is 0 Å². The molecule has 2 heteroatoms. The highest BCUT2D eigenvalue weighted by Crippen LogP contribution is 2.24. The summed E-state index contributed by atoms with van der Waals surface area (Å²) in [5.74, 6) is 0. The third kappa shape index (κ3) is 1.94. The average Bonchev–Trinajstić information content (AvgIpc) is 2.09. The molecule has 1 aromatic carbocycles. The molecular weight excluding hydrogens is 261 g/mol. The lowest BCUT2D eigenvalue weighted by Crippen LogP contribution is -1.79. The van der Waals surface area contributed by atoms with Crippen molar-refractivity contribution in [2.45, 2.75) is 6.92 Å². The maximum absolute atomic E-state index is 3.94. The topological polar surface area (TPSA) is 12.4 Å². The summed E-state index contributed by atoms with van der Waals surface area (Å²) in [5, 5.41) is 0. The van der Waals surface area contributed by atoms with Crippen LogP contribution in [-0.2, 0) is 0 Å². The first-order valence-corrected chi connectivity index (χ1v) is 4.75. The molecule has 62 valence electrons. The molecule has 0 spiro atoms. The molecule has 0 aliphatic heterocycles. The predicted octanol–water partition coefficient (Wildman–Crippen LogP) is 3.66. The van der Waals surface area contributed by atoms with E-state index in [-0.39, 0.29) is 0 Å². The molecule has 0 radical (unpaired) electrons. The second kappa shape index (κ2) is 4.40. The first-order chi connectivity index (χ1) is 5.79. The van der Waals surface area contributed by atoms with Crippen molar-refractivity contribution in [2.75, 3.05) is 0 Å². The fourth-order valence-electron chi connectivity index (χ4n) is 0.995. The number of halogens is 1. The van der Waals surface area contributed by atoms with Gasteiger partial charge in [-0.05, 0) is 48.4 Å². The average molecular weight is 271 g/mol. The van der Waals surface area contributed by atoms with Crippen LogP contribution in [0.3, 0.4) is 0 Å². The molecule has 0 heterocycles. The number of hydrogen-bond donors (Lipinski definition) is 0. The fraction of sp³-hybridized carbons (Fsp3) is 0.100. The van der Waals surface area contributed by atoms with Crippen molar-refractivity contribution in [1.82, 2.24) is 0 Å². The highest BCUT2D eigenvalue weighted by molar-refractivity contribution is 14.1. The number of rotatable bonds is 2. The van der Waals surface area contributed by atoms with E-state index in [1.54, 1.807) is 0 Å². The Labute approximate surface area is 86.4 Å². The molecule has 0 fully saturated rings. The van der Waals surface area contributed by atoms with Gasteiger partial charge in [-0.25, -0.2) is 0 Å². The lowest BCUT2D eigenvalue weighted by atomic mass is 10.2. The van der Waals surface area contributed by atoms with Gasteiger partial charge in [0.15, 0.2) is 0 Å². The Kier molecular flexibility index (Phi) is 3.47. The molecule has 12 heavy (non-hydrogen) atoms. The van der Waals surface area contributed by atoms with Crippen LogP contribution in [0, 0.1) is 3.57 Å². The minimum atomic E-state index is 0.944. The Hall–Kier alpha value is -0.640. The van der Waals surface area contributed by atoms with Gasteiger partial charge in [-0.1, -0.05) is 18.2 Å². The Morgan fingerprint density at radius 1 is 1.50 bits per heavy atom. The molecule has 0 unspecified atom stereocenters. The molecule has 0 aromatic heterocycles. The Balaban J connectivity index is 3.28. The van der Waals surface area contributed by atoms with Crippen molar-refractivity contribution in [3.05, 3.63) is 33.4 Å². The zero-order chi connectivity index (χ0) is 8.97. The summed E-state index contributed by atoms with van der Waals surface area (Å²) in [6.45, 7) is 5.52. The third-order valence-electron chi connectivity index (χ3n) is 1.53. The second-order valence-corrected chi connectivity index (χ2v) is 3.49. The van der Waals surface area contributed by atoms with Crippen LogP contribution in [0.4, 0.5) is 5.69 Å². The van der Waals surface area contributed by atoms with Gasteiger partial charge in [-0.2, -0.15) is 0 Å². The van der Waals surface area contributed by atoms with E-state index in [0.29, 0.717) is 0 Å². The predicted molar refractivity (Wildman–Crippen MR) is 63.1 cm³/mol. The summed E-state index contributed by atoms with van der Waals surface area (Å²) in [6, 6.07) is 6.01. The zero-order valence-corrected chi connectivity index (χ0v) is 9.08. The molecule has 0 saturated carbocycles. The maximum atomic E-state index is 3.94. The van der Waals surface area contributed by atoms with Crippen molar-refractivity contribution in [3.8, 4) is 0 Å². The highest BCUT2D eigenvalue weighted by Gasteiger charge is 1.99. The van der Waals surface area contributed by atoms with Crippen LogP contribution < -0.4 is 0 Å². The summed E-state index contributed by atoms with van der Waals surface area (Å²) < 4.78 is 1.20. The number of hydrogen-bond acceptors (Lipinski definition) is 1. The normalized spacial score (nSPS) is 10.5. The van der Waals surface area contributed by atoms with Crippen molar-refractivity contribution in [3.63, 3.8) is 0 Å². The van der Waals surface area contributed by atoms with Gasteiger partial charge in [0.1, 0.15) is 0 Å². The maximum Gasteiger partial charge on any atom is 0.0705 e. The SMILES string of the molecule is C=Nc1cccc(I)c1/C=C\C. The number of benzene rings is 1. The van der Waals surface area contributed by atoms with E-state index in [1.165, 1.54) is 3.57 Å². The van der Waals surface area contributed by atoms with Crippen LogP contribution in [-0.4, -0.2) is 6.72 Å². The van der Waals surface area contributed by atoms with Gasteiger partial charge in [0.2, 0.25) is 0 Å². The van der Waals surface area contributed by atoms with E-state index in [1.807, 2.05) is 31.2 Å². The number of allylic oxidation sites excluding steroid dienone is 1. The van der Waals surface area contributed by atoms with Gasteiger partial charge in [0, 0.05) is 9.13 Å². The highest BCUT2D eigenvalue weighted by atomic mass is 127. The summed E-state index contributed by atoms with van der Waals surface area (Å²) >= 11 is 2.29. The summed E-state index contributed by atoms with van der Waals surface area (Å²) in [7, 11) is 0. The van der Waals surface area contributed by atoms with Crippen LogP contribution in [0.2, 0.25) is 0 Å². The van der Waals surface area contributed by atoms with Gasteiger partial charge in [0.05, 0.1) is 5.69 Å². The standard InChI is InChI=1S/C10H10IN/c1-3-5-8-9(11)6-4-7-10(8)12-2/h3-7H,2H2,1H3/b5-3-. The van der Waals surface area contributed by atoms with Gasteiger partial charge < -0.3 is 0 Å². The Morgan fingerprint density at radius 3 is 2.83 bits per heavy atom. The molecule has 0 bridgehead atoms. The molecule has 0 saturated heterocycles. The minimum absolute atomic E-state index is 0.944. The lowest BCUT2D eigenvalue weighted by Gasteiger charge is -2.01. The first-order valence-electron chi connectivity index (χ1n) is 3.67. The quantitative estimate of drug-likeness (QED) is 0.575. The molecule has 1 nitrogen and oxygen atoms in total. The molecule has 0 N–H and O–H groups in total. The second-order valence-electron chi connectivity index (χ2n) is 2.33. The van der Waals surface area contributed by atoms with Crippen molar-refractivity contribution < 1.29 is 0 Å². The van der Waals surface area contributed by atoms with Crippen LogP contribution in [0.25, 0.3) is 6.08 Å². The summed E-state index contributed by atoms with van der Waals surface area (Å²) in [6.07, 6.45) is 4.05. The van der Waals surface area contributed by atoms with Crippen LogP contribution >= 0.6 is 22.6 Å². The molecule has 0 atom stereocenters. The van der Waals surface area contributed by atoms with E-state index >= 15 is 0 Å².